The Balaban J connectivity index is 1.79. The molecule has 0 radical (unpaired) electrons. The van der Waals surface area contributed by atoms with E-state index in [1.54, 1.807) is 6.20 Å². The van der Waals surface area contributed by atoms with Crippen LogP contribution in [0.3, 0.4) is 0 Å². The van der Waals surface area contributed by atoms with Crippen LogP contribution in [-0.4, -0.2) is 16.3 Å². The van der Waals surface area contributed by atoms with Gasteiger partial charge in [-0.15, -0.1) is 0 Å². The minimum atomic E-state index is -0.203. The summed E-state index contributed by atoms with van der Waals surface area (Å²) in [5, 5.41) is 13.3. The predicted molar refractivity (Wildman–Crippen MR) is 84.2 cm³/mol. The Morgan fingerprint density at radius 1 is 1.24 bits per heavy atom. The highest BCUT2D eigenvalue weighted by Crippen LogP contribution is 2.04. The first-order chi connectivity index (χ1) is 10.1. The number of aromatic nitrogens is 1. The van der Waals surface area contributed by atoms with Gasteiger partial charge in [0.1, 0.15) is 5.84 Å². The second-order valence-electron chi connectivity index (χ2n) is 4.59. The maximum atomic E-state index is 11.8. The van der Waals surface area contributed by atoms with Crippen LogP contribution in [0.2, 0.25) is 0 Å². The van der Waals surface area contributed by atoms with Gasteiger partial charge in [-0.2, -0.15) is 0 Å². The van der Waals surface area contributed by atoms with Crippen molar-refractivity contribution in [2.75, 3.05) is 5.32 Å². The zero-order chi connectivity index (χ0) is 15.1. The summed E-state index contributed by atoms with van der Waals surface area (Å²) < 4.78 is 1.88. The number of para-hydroxylation sites is 1. The molecule has 3 N–H and O–H groups in total. The van der Waals surface area contributed by atoms with E-state index in [0.717, 1.165) is 11.4 Å². The highest BCUT2D eigenvalue weighted by Gasteiger charge is 2.06. The fraction of sp³-hybridized carbons (Fsp3) is 0.125. The quantitative estimate of drug-likeness (QED) is 0.581. The van der Waals surface area contributed by atoms with Crippen molar-refractivity contribution in [2.45, 2.75) is 6.42 Å². The van der Waals surface area contributed by atoms with Crippen LogP contribution >= 0.6 is 0 Å². The molecule has 0 aliphatic rings. The van der Waals surface area contributed by atoms with Gasteiger partial charge < -0.3 is 15.2 Å². The molecule has 0 fully saturated rings. The van der Waals surface area contributed by atoms with Gasteiger partial charge in [0.05, 0.1) is 6.42 Å². The van der Waals surface area contributed by atoms with E-state index in [4.69, 9.17) is 5.41 Å². The third-order valence-corrected chi connectivity index (χ3v) is 2.94. The number of nitrogens with one attached hydrogen (secondary N) is 3. The molecule has 1 amide bonds. The van der Waals surface area contributed by atoms with Crippen molar-refractivity contribution < 1.29 is 4.79 Å². The summed E-state index contributed by atoms with van der Waals surface area (Å²) in [6.07, 6.45) is 5.28. The first-order valence-corrected chi connectivity index (χ1v) is 6.62. The highest BCUT2D eigenvalue weighted by molar-refractivity contribution is 6.03. The number of benzene rings is 1. The van der Waals surface area contributed by atoms with E-state index in [2.05, 4.69) is 10.6 Å². The zero-order valence-electron chi connectivity index (χ0n) is 11.8. The van der Waals surface area contributed by atoms with E-state index < -0.39 is 0 Å². The minimum Gasteiger partial charge on any atom is -0.362 e. The summed E-state index contributed by atoms with van der Waals surface area (Å²) in [5.74, 6) is -0.149. The molecule has 0 spiro atoms. The maximum absolute atomic E-state index is 11.8. The predicted octanol–water partition coefficient (Wildman–Crippen LogP) is 2.29. The number of hydrogen-bond donors (Lipinski definition) is 3. The highest BCUT2D eigenvalue weighted by atomic mass is 16.1. The number of rotatable bonds is 5. The molecule has 5 nitrogen and oxygen atoms in total. The van der Waals surface area contributed by atoms with Crippen molar-refractivity contribution in [1.82, 2.24) is 9.88 Å². The Morgan fingerprint density at radius 2 is 2.00 bits per heavy atom. The van der Waals surface area contributed by atoms with Crippen LogP contribution in [0.25, 0.3) is 0 Å². The first kappa shape index (κ1) is 14.6. The van der Waals surface area contributed by atoms with Crippen LogP contribution in [-0.2, 0) is 18.3 Å². The number of nitrogens with zero attached hydrogens (tertiary/aromatic N) is 1. The van der Waals surface area contributed by atoms with Gasteiger partial charge in [-0.3, -0.25) is 10.2 Å². The summed E-state index contributed by atoms with van der Waals surface area (Å²) in [7, 11) is 1.89. The van der Waals surface area contributed by atoms with Gasteiger partial charge in [-0.25, -0.2) is 0 Å². The smallest absolute Gasteiger partial charge is 0.231 e. The summed E-state index contributed by atoms with van der Waals surface area (Å²) in [5.41, 5.74) is 1.84. The van der Waals surface area contributed by atoms with Crippen LogP contribution in [0.1, 0.15) is 5.69 Å². The second kappa shape index (κ2) is 7.09. The average Bonchev–Trinajstić information content (AvgIpc) is 2.85. The summed E-state index contributed by atoms with van der Waals surface area (Å²) in [6.45, 7) is 0. The molecule has 0 saturated carbocycles. The van der Waals surface area contributed by atoms with Crippen molar-refractivity contribution in [3.05, 3.63) is 66.6 Å². The van der Waals surface area contributed by atoms with Gasteiger partial charge in [-0.05, 0) is 30.3 Å². The van der Waals surface area contributed by atoms with E-state index in [1.165, 1.54) is 6.08 Å². The van der Waals surface area contributed by atoms with Crippen molar-refractivity contribution in [1.29, 1.82) is 5.41 Å². The number of aryl methyl sites for hydroxylation is 1. The summed E-state index contributed by atoms with van der Waals surface area (Å²) in [4.78, 5) is 11.8. The van der Waals surface area contributed by atoms with Crippen LogP contribution in [0.5, 0.6) is 0 Å². The van der Waals surface area contributed by atoms with E-state index in [-0.39, 0.29) is 18.2 Å². The number of carbonyl (C=O) groups is 1. The molecule has 2 rings (SSSR count). The Bertz CT molecular complexity index is 643. The second-order valence-corrected chi connectivity index (χ2v) is 4.59. The monoisotopic (exact) mass is 282 g/mol. The molecule has 2 aromatic rings. The van der Waals surface area contributed by atoms with Crippen molar-refractivity contribution >= 4 is 17.4 Å². The normalized spacial score (nSPS) is 10.5. The van der Waals surface area contributed by atoms with Crippen LogP contribution in [0.4, 0.5) is 5.69 Å². The molecule has 1 heterocycles. The molecule has 0 atom stereocenters. The average molecular weight is 282 g/mol. The van der Waals surface area contributed by atoms with E-state index in [1.807, 2.05) is 60.3 Å². The molecule has 0 saturated heterocycles. The molecule has 21 heavy (non-hydrogen) atoms. The van der Waals surface area contributed by atoms with Crippen molar-refractivity contribution in [3.8, 4) is 0 Å². The van der Waals surface area contributed by atoms with Crippen LogP contribution < -0.4 is 10.6 Å². The number of hydrogen-bond acceptors (Lipinski definition) is 3. The standard InChI is InChI=1S/C16H18N4O/c1-20-11-5-8-14(20)12-16(21)19-15(17)9-10-18-13-6-3-2-4-7-13/h2-11,18H,12H2,1H3,(H2,17,19,21)/b10-9-. The van der Waals surface area contributed by atoms with E-state index in [0.29, 0.717) is 0 Å². The minimum absolute atomic E-state index is 0.0534. The summed E-state index contributed by atoms with van der Waals surface area (Å²) >= 11 is 0. The molecular weight excluding hydrogens is 264 g/mol. The lowest BCUT2D eigenvalue weighted by Crippen LogP contribution is -2.30. The number of amides is 1. The lowest BCUT2D eigenvalue weighted by molar-refractivity contribution is -0.119. The molecule has 5 heteroatoms. The molecule has 1 aromatic carbocycles. The molecular formula is C16H18N4O. The van der Waals surface area contributed by atoms with Gasteiger partial charge >= 0.3 is 0 Å². The van der Waals surface area contributed by atoms with E-state index >= 15 is 0 Å². The van der Waals surface area contributed by atoms with Gasteiger partial charge in [0, 0.05) is 30.8 Å². The third-order valence-electron chi connectivity index (χ3n) is 2.94. The lowest BCUT2D eigenvalue weighted by atomic mass is 10.3. The third kappa shape index (κ3) is 4.65. The van der Waals surface area contributed by atoms with Gasteiger partial charge in [-0.1, -0.05) is 18.2 Å². The Morgan fingerprint density at radius 3 is 2.67 bits per heavy atom. The first-order valence-electron chi connectivity index (χ1n) is 6.62. The van der Waals surface area contributed by atoms with Crippen LogP contribution in [0.15, 0.2) is 60.9 Å². The van der Waals surface area contributed by atoms with E-state index in [9.17, 15) is 4.79 Å². The number of carbonyl (C=O) groups excluding carboxylic acids is 1. The van der Waals surface area contributed by atoms with Gasteiger partial charge in [0.2, 0.25) is 5.91 Å². The SMILES string of the molecule is Cn1cccc1CC(=O)NC(=N)/C=C\Nc1ccccc1. The fourth-order valence-electron chi connectivity index (χ4n) is 1.84. The summed E-state index contributed by atoms with van der Waals surface area (Å²) in [6, 6.07) is 13.4. The molecule has 0 unspecified atom stereocenters. The van der Waals surface area contributed by atoms with Crippen LogP contribution in [0, 0.1) is 5.41 Å². The Hall–Kier alpha value is -2.82. The number of anilines is 1. The molecule has 108 valence electrons. The van der Waals surface area contributed by atoms with Gasteiger partial charge in [0.15, 0.2) is 0 Å². The Kier molecular flexibility index (Phi) is 4.93. The Labute approximate surface area is 123 Å². The molecule has 0 aliphatic carbocycles. The number of amidine groups is 1. The maximum Gasteiger partial charge on any atom is 0.231 e. The largest absolute Gasteiger partial charge is 0.362 e. The topological polar surface area (TPSA) is 69.9 Å². The molecule has 1 aromatic heterocycles. The zero-order valence-corrected chi connectivity index (χ0v) is 11.8. The molecule has 0 bridgehead atoms. The van der Waals surface area contributed by atoms with Crippen molar-refractivity contribution in [3.63, 3.8) is 0 Å². The van der Waals surface area contributed by atoms with Gasteiger partial charge in [0.25, 0.3) is 0 Å². The fourth-order valence-corrected chi connectivity index (χ4v) is 1.84. The lowest BCUT2D eigenvalue weighted by Gasteiger charge is -2.05. The molecule has 0 aliphatic heterocycles. The van der Waals surface area contributed by atoms with Crippen molar-refractivity contribution in [2.24, 2.45) is 7.05 Å².